The maximum absolute atomic E-state index is 12.7. The molecule has 1 aromatic rings. The van der Waals surface area contributed by atoms with Gasteiger partial charge in [0.05, 0.1) is 5.41 Å². The van der Waals surface area contributed by atoms with E-state index in [0.717, 1.165) is 0 Å². The van der Waals surface area contributed by atoms with Crippen molar-refractivity contribution >= 4 is 0 Å². The largest absolute Gasteiger partial charge is 0.397 e. The lowest BCUT2D eigenvalue weighted by molar-refractivity contribution is -0.180. The number of rotatable bonds is 2. The van der Waals surface area contributed by atoms with Gasteiger partial charge in [-0.3, -0.25) is 0 Å². The van der Waals surface area contributed by atoms with Gasteiger partial charge >= 0.3 is 6.18 Å². The monoisotopic (exact) mass is 217 g/mol. The van der Waals surface area contributed by atoms with E-state index in [9.17, 15) is 13.2 Å². The summed E-state index contributed by atoms with van der Waals surface area (Å²) >= 11 is 0. The summed E-state index contributed by atoms with van der Waals surface area (Å²) in [5, 5.41) is 0. The molecule has 0 unspecified atom stereocenters. The van der Waals surface area contributed by atoms with Gasteiger partial charge in [0.1, 0.15) is 0 Å². The van der Waals surface area contributed by atoms with Crippen molar-refractivity contribution in [2.45, 2.75) is 32.0 Å². The van der Waals surface area contributed by atoms with Crippen LogP contribution in [0.4, 0.5) is 13.2 Å². The summed E-state index contributed by atoms with van der Waals surface area (Å²) < 4.78 is 38.2. The first kappa shape index (κ1) is 12.0. The van der Waals surface area contributed by atoms with E-state index in [1.54, 1.807) is 12.1 Å². The van der Waals surface area contributed by atoms with Crippen molar-refractivity contribution in [2.75, 3.05) is 0 Å². The zero-order valence-electron chi connectivity index (χ0n) is 8.73. The van der Waals surface area contributed by atoms with Crippen LogP contribution in [-0.4, -0.2) is 6.18 Å². The van der Waals surface area contributed by atoms with Crippen LogP contribution in [0.3, 0.4) is 0 Å². The molecule has 4 heteroatoms. The van der Waals surface area contributed by atoms with Gasteiger partial charge in [-0.2, -0.15) is 13.2 Å². The fourth-order valence-corrected chi connectivity index (χ4v) is 1.25. The summed E-state index contributed by atoms with van der Waals surface area (Å²) in [4.78, 5) is 0. The summed E-state index contributed by atoms with van der Waals surface area (Å²) in [5.74, 6) is 0. The Balaban J connectivity index is 3.15. The van der Waals surface area contributed by atoms with Crippen molar-refractivity contribution in [3.05, 3.63) is 35.4 Å². The highest BCUT2D eigenvalue weighted by Crippen LogP contribution is 2.40. The third-order valence-electron chi connectivity index (χ3n) is 2.59. The average Bonchev–Trinajstić information content (AvgIpc) is 2.16. The number of hydrogen-bond donors (Lipinski definition) is 1. The van der Waals surface area contributed by atoms with Crippen LogP contribution in [0.25, 0.3) is 0 Å². The van der Waals surface area contributed by atoms with Gasteiger partial charge in [-0.25, -0.2) is 0 Å². The molecule has 1 rings (SSSR count). The summed E-state index contributed by atoms with van der Waals surface area (Å²) in [7, 11) is 0. The van der Waals surface area contributed by atoms with Gasteiger partial charge in [0, 0.05) is 6.54 Å². The van der Waals surface area contributed by atoms with Crippen molar-refractivity contribution in [2.24, 2.45) is 5.73 Å². The van der Waals surface area contributed by atoms with Gasteiger partial charge in [0.2, 0.25) is 0 Å². The molecule has 1 nitrogen and oxygen atoms in total. The molecule has 0 aromatic heterocycles. The molecule has 0 aliphatic carbocycles. The average molecular weight is 217 g/mol. The van der Waals surface area contributed by atoms with E-state index in [4.69, 9.17) is 5.73 Å². The topological polar surface area (TPSA) is 26.0 Å². The van der Waals surface area contributed by atoms with Gasteiger partial charge in [-0.1, -0.05) is 24.3 Å². The highest BCUT2D eigenvalue weighted by Gasteiger charge is 2.48. The molecule has 0 spiro atoms. The molecule has 15 heavy (non-hydrogen) atoms. The third-order valence-corrected chi connectivity index (χ3v) is 2.59. The van der Waals surface area contributed by atoms with E-state index in [-0.39, 0.29) is 12.1 Å². The van der Waals surface area contributed by atoms with Crippen molar-refractivity contribution in [3.63, 3.8) is 0 Å². The number of benzene rings is 1. The second-order valence-electron chi connectivity index (χ2n) is 4.03. The van der Waals surface area contributed by atoms with E-state index in [0.29, 0.717) is 5.56 Å². The van der Waals surface area contributed by atoms with Crippen LogP contribution in [0.5, 0.6) is 0 Å². The lowest BCUT2D eigenvalue weighted by Crippen LogP contribution is -2.36. The standard InChI is InChI=1S/C11H14F3N/c1-10(2,11(12,13)14)9-5-3-4-8(6-9)7-15/h3-6H,7,15H2,1-2H3. The van der Waals surface area contributed by atoms with Crippen LogP contribution in [0.2, 0.25) is 0 Å². The molecule has 0 saturated carbocycles. The van der Waals surface area contributed by atoms with Crippen LogP contribution < -0.4 is 5.73 Å². The van der Waals surface area contributed by atoms with Crippen LogP contribution in [-0.2, 0) is 12.0 Å². The smallest absolute Gasteiger partial charge is 0.326 e. The molecule has 0 aliphatic heterocycles. The first-order valence-electron chi connectivity index (χ1n) is 4.65. The quantitative estimate of drug-likeness (QED) is 0.809. The molecule has 0 saturated heterocycles. The maximum atomic E-state index is 12.7. The normalized spacial score (nSPS) is 12.9. The molecule has 0 amide bonds. The van der Waals surface area contributed by atoms with E-state index in [1.807, 2.05) is 0 Å². The van der Waals surface area contributed by atoms with E-state index < -0.39 is 11.6 Å². The molecule has 0 atom stereocenters. The Bertz CT molecular complexity index is 342. The molecule has 0 heterocycles. The summed E-state index contributed by atoms with van der Waals surface area (Å²) in [6, 6.07) is 6.31. The van der Waals surface area contributed by atoms with Gasteiger partial charge < -0.3 is 5.73 Å². The Kier molecular flexibility index (Phi) is 3.09. The number of halogens is 3. The number of nitrogens with two attached hydrogens (primary N) is 1. The molecule has 0 aliphatic rings. The molecule has 0 bridgehead atoms. The fraction of sp³-hybridized carbons (Fsp3) is 0.455. The molecular formula is C11H14F3N. The van der Waals surface area contributed by atoms with Gasteiger partial charge in [-0.15, -0.1) is 0 Å². The van der Waals surface area contributed by atoms with Crippen molar-refractivity contribution in [1.29, 1.82) is 0 Å². The molecular weight excluding hydrogens is 203 g/mol. The number of hydrogen-bond acceptors (Lipinski definition) is 1. The summed E-state index contributed by atoms with van der Waals surface area (Å²) in [6.07, 6.45) is -4.25. The third kappa shape index (κ3) is 2.31. The molecule has 2 N–H and O–H groups in total. The maximum Gasteiger partial charge on any atom is 0.397 e. The van der Waals surface area contributed by atoms with Crippen LogP contribution in [0.15, 0.2) is 24.3 Å². The Hall–Kier alpha value is -1.03. The first-order chi connectivity index (χ1) is 6.79. The first-order valence-corrected chi connectivity index (χ1v) is 4.65. The van der Waals surface area contributed by atoms with Crippen molar-refractivity contribution in [1.82, 2.24) is 0 Å². The second-order valence-corrected chi connectivity index (χ2v) is 4.03. The van der Waals surface area contributed by atoms with E-state index in [1.165, 1.54) is 26.0 Å². The summed E-state index contributed by atoms with van der Waals surface area (Å²) in [6.45, 7) is 2.59. The minimum Gasteiger partial charge on any atom is -0.326 e. The van der Waals surface area contributed by atoms with Crippen LogP contribution in [0.1, 0.15) is 25.0 Å². The van der Waals surface area contributed by atoms with Gasteiger partial charge in [-0.05, 0) is 25.0 Å². The van der Waals surface area contributed by atoms with Crippen LogP contribution in [0, 0.1) is 0 Å². The van der Waals surface area contributed by atoms with Crippen molar-refractivity contribution in [3.8, 4) is 0 Å². The number of alkyl halides is 3. The minimum atomic E-state index is -4.25. The van der Waals surface area contributed by atoms with Crippen molar-refractivity contribution < 1.29 is 13.2 Å². The minimum absolute atomic E-state index is 0.248. The Morgan fingerprint density at radius 2 is 1.80 bits per heavy atom. The Labute approximate surface area is 87.1 Å². The lowest BCUT2D eigenvalue weighted by Gasteiger charge is -2.28. The molecule has 1 aromatic carbocycles. The zero-order valence-corrected chi connectivity index (χ0v) is 8.73. The van der Waals surface area contributed by atoms with Gasteiger partial charge in [0.25, 0.3) is 0 Å². The van der Waals surface area contributed by atoms with E-state index >= 15 is 0 Å². The highest BCUT2D eigenvalue weighted by atomic mass is 19.4. The van der Waals surface area contributed by atoms with E-state index in [2.05, 4.69) is 0 Å². The Morgan fingerprint density at radius 1 is 1.20 bits per heavy atom. The molecule has 0 fully saturated rings. The Morgan fingerprint density at radius 3 is 2.27 bits per heavy atom. The van der Waals surface area contributed by atoms with Gasteiger partial charge in [0.15, 0.2) is 0 Å². The SMILES string of the molecule is CC(C)(c1cccc(CN)c1)C(F)(F)F. The fourth-order valence-electron chi connectivity index (χ4n) is 1.25. The molecule has 0 radical (unpaired) electrons. The zero-order chi connectivity index (χ0) is 11.7. The highest BCUT2D eigenvalue weighted by molar-refractivity contribution is 5.30. The molecule has 84 valence electrons. The second kappa shape index (κ2) is 3.85. The van der Waals surface area contributed by atoms with Crippen LogP contribution >= 0.6 is 0 Å². The predicted molar refractivity (Wildman–Crippen MR) is 53.4 cm³/mol. The lowest BCUT2D eigenvalue weighted by atomic mass is 9.83. The summed E-state index contributed by atoms with van der Waals surface area (Å²) in [5.41, 5.74) is 4.52. The predicted octanol–water partition coefficient (Wildman–Crippen LogP) is 2.99.